The first kappa shape index (κ1) is 10.1. The quantitative estimate of drug-likeness (QED) is 0.675. The highest BCUT2D eigenvalue weighted by atomic mass is 16.5. The van der Waals surface area contributed by atoms with Crippen molar-refractivity contribution in [3.63, 3.8) is 0 Å². The highest BCUT2D eigenvalue weighted by Crippen LogP contribution is 2.61. The fraction of sp³-hybridized carbons (Fsp3) is 1.00. The molecule has 0 aromatic rings. The van der Waals surface area contributed by atoms with E-state index in [1.54, 1.807) is 0 Å². The molecule has 0 amide bonds. The zero-order valence-electron chi connectivity index (χ0n) is 10.3. The molecule has 0 saturated heterocycles. The van der Waals surface area contributed by atoms with Gasteiger partial charge in [-0.05, 0) is 61.7 Å². The van der Waals surface area contributed by atoms with Gasteiger partial charge in [-0.2, -0.15) is 0 Å². The van der Waals surface area contributed by atoms with E-state index in [4.69, 9.17) is 4.74 Å². The fourth-order valence-electron chi connectivity index (χ4n) is 5.43. The van der Waals surface area contributed by atoms with Gasteiger partial charge in [0.15, 0.2) is 0 Å². The molecule has 0 N–H and O–H groups in total. The second-order valence-electron chi connectivity index (χ2n) is 6.52. The summed E-state index contributed by atoms with van der Waals surface area (Å²) < 4.78 is 6.08. The third-order valence-corrected chi connectivity index (χ3v) is 5.67. The lowest BCUT2D eigenvalue weighted by atomic mass is 9.47. The molecule has 0 aromatic carbocycles. The first-order valence-electron chi connectivity index (χ1n) is 6.72. The molecule has 4 aliphatic carbocycles. The van der Waals surface area contributed by atoms with E-state index in [1.807, 2.05) is 7.11 Å². The highest BCUT2D eigenvalue weighted by Gasteiger charge is 2.58. The van der Waals surface area contributed by atoms with Crippen LogP contribution in [0.2, 0.25) is 0 Å². The largest absolute Gasteiger partial charge is 0.377 e. The van der Waals surface area contributed by atoms with Gasteiger partial charge < -0.3 is 4.74 Å². The summed E-state index contributed by atoms with van der Waals surface area (Å²) in [7, 11) is 1.96. The maximum atomic E-state index is 6.08. The van der Waals surface area contributed by atoms with Crippen LogP contribution in [0.15, 0.2) is 0 Å². The van der Waals surface area contributed by atoms with Crippen LogP contribution in [0.1, 0.15) is 46.0 Å². The van der Waals surface area contributed by atoms with E-state index in [1.165, 1.54) is 32.1 Å². The second kappa shape index (κ2) is 3.23. The van der Waals surface area contributed by atoms with E-state index < -0.39 is 0 Å². The molecule has 1 nitrogen and oxygen atoms in total. The standard InChI is InChI=1S/C14H24O/c1-9(2)14(15-3)12-5-10-4-11(7-12)8-13(14)6-10/h9-13H,4-8H2,1-3H3. The molecular formula is C14H24O. The van der Waals surface area contributed by atoms with E-state index in [0.29, 0.717) is 5.92 Å². The molecule has 0 radical (unpaired) electrons. The second-order valence-corrected chi connectivity index (χ2v) is 6.52. The van der Waals surface area contributed by atoms with Crippen molar-refractivity contribution < 1.29 is 4.74 Å². The summed E-state index contributed by atoms with van der Waals surface area (Å²) in [5.41, 5.74) is 0.243. The van der Waals surface area contributed by atoms with E-state index in [0.717, 1.165) is 23.7 Å². The Balaban J connectivity index is 1.96. The average Bonchev–Trinajstić information content (AvgIpc) is 2.16. The molecule has 0 atom stereocenters. The highest BCUT2D eigenvalue weighted by molar-refractivity contribution is 5.08. The van der Waals surface area contributed by atoms with Crippen LogP contribution in [-0.4, -0.2) is 12.7 Å². The van der Waals surface area contributed by atoms with Gasteiger partial charge in [-0.3, -0.25) is 0 Å². The van der Waals surface area contributed by atoms with Crippen molar-refractivity contribution in [1.82, 2.24) is 0 Å². The Morgan fingerprint density at radius 3 is 1.73 bits per heavy atom. The Morgan fingerprint density at radius 1 is 0.933 bits per heavy atom. The van der Waals surface area contributed by atoms with E-state index in [9.17, 15) is 0 Å². The van der Waals surface area contributed by atoms with Gasteiger partial charge in [0.25, 0.3) is 0 Å². The molecule has 0 spiro atoms. The third-order valence-electron chi connectivity index (χ3n) is 5.67. The van der Waals surface area contributed by atoms with Crippen molar-refractivity contribution in [3.05, 3.63) is 0 Å². The molecule has 0 unspecified atom stereocenters. The summed E-state index contributed by atoms with van der Waals surface area (Å²) in [4.78, 5) is 0. The zero-order chi connectivity index (χ0) is 10.6. The zero-order valence-corrected chi connectivity index (χ0v) is 10.3. The van der Waals surface area contributed by atoms with Gasteiger partial charge in [-0.1, -0.05) is 13.8 Å². The molecule has 86 valence electrons. The number of hydrogen-bond donors (Lipinski definition) is 0. The molecule has 4 saturated carbocycles. The molecule has 4 rings (SSSR count). The van der Waals surface area contributed by atoms with Crippen LogP contribution >= 0.6 is 0 Å². The van der Waals surface area contributed by atoms with Crippen molar-refractivity contribution in [2.75, 3.05) is 7.11 Å². The predicted octanol–water partition coefficient (Wildman–Crippen LogP) is 3.48. The fourth-order valence-corrected chi connectivity index (χ4v) is 5.43. The van der Waals surface area contributed by atoms with E-state index in [-0.39, 0.29) is 5.60 Å². The lowest BCUT2D eigenvalue weighted by molar-refractivity contribution is -0.212. The molecule has 4 aliphatic rings. The Morgan fingerprint density at radius 2 is 1.40 bits per heavy atom. The number of ether oxygens (including phenoxy) is 1. The molecule has 0 heterocycles. The summed E-state index contributed by atoms with van der Waals surface area (Å²) >= 11 is 0. The van der Waals surface area contributed by atoms with Gasteiger partial charge in [-0.15, -0.1) is 0 Å². The van der Waals surface area contributed by atoms with Crippen LogP contribution in [0.3, 0.4) is 0 Å². The summed E-state index contributed by atoms with van der Waals surface area (Å²) in [5.74, 6) is 4.54. The van der Waals surface area contributed by atoms with Crippen molar-refractivity contribution in [3.8, 4) is 0 Å². The summed E-state index contributed by atoms with van der Waals surface area (Å²) in [6.45, 7) is 4.73. The molecule has 4 fully saturated rings. The van der Waals surface area contributed by atoms with Gasteiger partial charge in [-0.25, -0.2) is 0 Å². The van der Waals surface area contributed by atoms with Crippen LogP contribution in [0.4, 0.5) is 0 Å². The average molecular weight is 208 g/mol. The minimum absolute atomic E-state index is 0.243. The first-order chi connectivity index (χ1) is 7.16. The topological polar surface area (TPSA) is 9.23 Å². The van der Waals surface area contributed by atoms with Gasteiger partial charge >= 0.3 is 0 Å². The first-order valence-corrected chi connectivity index (χ1v) is 6.72. The molecule has 4 bridgehead atoms. The normalized spacial score (nSPS) is 52.8. The van der Waals surface area contributed by atoms with Gasteiger partial charge in [0.05, 0.1) is 5.60 Å². The Bertz CT molecular complexity index is 228. The molecule has 0 aliphatic heterocycles. The summed E-state index contributed by atoms with van der Waals surface area (Å²) in [6, 6.07) is 0. The SMILES string of the molecule is COC1(C(C)C)C2CC3CC(C2)CC1C3. The van der Waals surface area contributed by atoms with Crippen molar-refractivity contribution in [1.29, 1.82) is 0 Å². The Kier molecular flexibility index (Phi) is 2.18. The molecule has 1 heteroatoms. The van der Waals surface area contributed by atoms with Crippen LogP contribution in [0.25, 0.3) is 0 Å². The number of methoxy groups -OCH3 is 1. The lowest BCUT2D eigenvalue weighted by Gasteiger charge is -2.62. The molecular weight excluding hydrogens is 184 g/mol. The summed E-state index contributed by atoms with van der Waals surface area (Å²) in [6.07, 6.45) is 7.36. The maximum Gasteiger partial charge on any atom is 0.0757 e. The van der Waals surface area contributed by atoms with Gasteiger partial charge in [0.1, 0.15) is 0 Å². The molecule has 15 heavy (non-hydrogen) atoms. The lowest BCUT2D eigenvalue weighted by Crippen LogP contribution is -2.61. The predicted molar refractivity (Wildman–Crippen MR) is 61.6 cm³/mol. The number of rotatable bonds is 2. The smallest absolute Gasteiger partial charge is 0.0757 e. The van der Waals surface area contributed by atoms with E-state index >= 15 is 0 Å². The van der Waals surface area contributed by atoms with Crippen LogP contribution in [-0.2, 0) is 4.74 Å². The van der Waals surface area contributed by atoms with Crippen LogP contribution in [0.5, 0.6) is 0 Å². The monoisotopic (exact) mass is 208 g/mol. The van der Waals surface area contributed by atoms with Crippen molar-refractivity contribution in [2.24, 2.45) is 29.6 Å². The Labute approximate surface area is 93.6 Å². The Hall–Kier alpha value is -0.0400. The van der Waals surface area contributed by atoms with Gasteiger partial charge in [0.2, 0.25) is 0 Å². The maximum absolute atomic E-state index is 6.08. The van der Waals surface area contributed by atoms with Crippen LogP contribution < -0.4 is 0 Å². The molecule has 0 aromatic heterocycles. The van der Waals surface area contributed by atoms with E-state index in [2.05, 4.69) is 13.8 Å². The minimum atomic E-state index is 0.243. The third kappa shape index (κ3) is 1.19. The van der Waals surface area contributed by atoms with Crippen molar-refractivity contribution in [2.45, 2.75) is 51.6 Å². The summed E-state index contributed by atoms with van der Waals surface area (Å²) in [5, 5.41) is 0. The van der Waals surface area contributed by atoms with Gasteiger partial charge in [0, 0.05) is 7.11 Å². The van der Waals surface area contributed by atoms with Crippen molar-refractivity contribution >= 4 is 0 Å². The number of hydrogen-bond acceptors (Lipinski definition) is 1. The minimum Gasteiger partial charge on any atom is -0.377 e. The van der Waals surface area contributed by atoms with Crippen LogP contribution in [0, 0.1) is 29.6 Å².